The van der Waals surface area contributed by atoms with Crippen molar-refractivity contribution >= 4 is 17.3 Å². The zero-order chi connectivity index (χ0) is 18.7. The fourth-order valence-corrected chi connectivity index (χ4v) is 2.82. The molecule has 0 aliphatic carbocycles. The van der Waals surface area contributed by atoms with Crippen LogP contribution < -0.4 is 10.1 Å². The van der Waals surface area contributed by atoms with Crippen LogP contribution in [0.1, 0.15) is 21.8 Å². The normalized spacial score (nSPS) is 10.5. The maximum Gasteiger partial charge on any atom is 0.337 e. The van der Waals surface area contributed by atoms with E-state index in [2.05, 4.69) is 10.5 Å². The number of rotatable bonds is 5. The molecule has 0 aliphatic rings. The molecule has 26 heavy (non-hydrogen) atoms. The highest BCUT2D eigenvalue weighted by atomic mass is 16.5. The minimum Gasteiger partial charge on any atom is -0.497 e. The molecule has 0 fully saturated rings. The van der Waals surface area contributed by atoms with Crippen LogP contribution in [0.15, 0.2) is 47.0 Å². The van der Waals surface area contributed by atoms with Crippen molar-refractivity contribution < 1.29 is 18.8 Å². The number of hydrogen-bond acceptors (Lipinski definition) is 6. The zero-order valence-corrected chi connectivity index (χ0v) is 15.1. The van der Waals surface area contributed by atoms with Crippen LogP contribution in [0.25, 0.3) is 11.1 Å². The summed E-state index contributed by atoms with van der Waals surface area (Å²) >= 11 is 0. The summed E-state index contributed by atoms with van der Waals surface area (Å²) in [6.07, 6.45) is 0. The Kier molecular flexibility index (Phi) is 4.93. The number of nitrogens with zero attached hydrogens (tertiary/aromatic N) is 1. The van der Waals surface area contributed by atoms with Crippen molar-refractivity contribution in [2.24, 2.45) is 0 Å². The van der Waals surface area contributed by atoms with E-state index in [1.54, 1.807) is 19.2 Å². The summed E-state index contributed by atoms with van der Waals surface area (Å²) in [4.78, 5) is 12.1. The van der Waals surface area contributed by atoms with Crippen molar-refractivity contribution in [3.05, 3.63) is 59.5 Å². The fraction of sp³-hybridized carbons (Fsp3) is 0.200. The Morgan fingerprint density at radius 1 is 1.04 bits per heavy atom. The van der Waals surface area contributed by atoms with Gasteiger partial charge >= 0.3 is 5.97 Å². The van der Waals surface area contributed by atoms with Crippen LogP contribution in [0.4, 0.5) is 11.4 Å². The molecule has 6 nitrogen and oxygen atoms in total. The van der Waals surface area contributed by atoms with Crippen LogP contribution in [0.5, 0.6) is 5.75 Å². The Balaban J connectivity index is 2.03. The van der Waals surface area contributed by atoms with Crippen molar-refractivity contribution in [1.82, 2.24) is 5.16 Å². The lowest BCUT2D eigenvalue weighted by molar-refractivity contribution is 0.0601. The molecule has 6 heteroatoms. The van der Waals surface area contributed by atoms with Gasteiger partial charge in [-0.3, -0.25) is 0 Å². The largest absolute Gasteiger partial charge is 0.497 e. The highest BCUT2D eigenvalue weighted by Gasteiger charge is 2.16. The molecule has 0 aliphatic heterocycles. The molecule has 1 heterocycles. The molecule has 0 saturated carbocycles. The Morgan fingerprint density at radius 3 is 2.35 bits per heavy atom. The van der Waals surface area contributed by atoms with Gasteiger partial charge in [0, 0.05) is 16.9 Å². The van der Waals surface area contributed by atoms with E-state index in [1.165, 1.54) is 7.11 Å². The van der Waals surface area contributed by atoms with E-state index >= 15 is 0 Å². The number of aryl methyl sites for hydroxylation is 2. The molecule has 0 amide bonds. The third kappa shape index (κ3) is 3.54. The molecule has 2 aromatic carbocycles. The number of esters is 1. The molecule has 0 spiro atoms. The second-order valence-corrected chi connectivity index (χ2v) is 5.84. The Labute approximate surface area is 151 Å². The number of methoxy groups -OCH3 is 2. The molecular weight excluding hydrogens is 332 g/mol. The number of ether oxygens (including phenoxy) is 2. The number of carbonyl (C=O) groups is 1. The van der Waals surface area contributed by atoms with Gasteiger partial charge in [-0.1, -0.05) is 5.16 Å². The number of hydrogen-bond donors (Lipinski definition) is 1. The molecule has 0 radical (unpaired) electrons. The quantitative estimate of drug-likeness (QED) is 0.682. The van der Waals surface area contributed by atoms with E-state index < -0.39 is 5.97 Å². The maximum absolute atomic E-state index is 12.1. The molecular formula is C20H20N2O4. The van der Waals surface area contributed by atoms with Crippen molar-refractivity contribution in [2.45, 2.75) is 13.8 Å². The number of nitrogens with one attached hydrogen (secondary N) is 1. The van der Waals surface area contributed by atoms with Crippen LogP contribution in [0.2, 0.25) is 0 Å². The number of anilines is 2. The molecule has 3 aromatic rings. The van der Waals surface area contributed by atoms with Gasteiger partial charge in [0.1, 0.15) is 11.5 Å². The standard InChI is InChI=1S/C20H20N2O4/c1-12-19(13(2)26-22-12)14-9-15(20(23)25-4)11-17(10-14)21-16-5-7-18(24-3)8-6-16/h5-11,21H,1-4H3. The van der Waals surface area contributed by atoms with Gasteiger partial charge in [0.05, 0.1) is 25.5 Å². The van der Waals surface area contributed by atoms with Crippen LogP contribution in [-0.2, 0) is 4.74 Å². The predicted molar refractivity (Wildman–Crippen MR) is 99.0 cm³/mol. The SMILES string of the molecule is COC(=O)c1cc(Nc2ccc(OC)cc2)cc(-c2c(C)noc2C)c1. The summed E-state index contributed by atoms with van der Waals surface area (Å²) in [6.45, 7) is 3.71. The van der Waals surface area contributed by atoms with Crippen molar-refractivity contribution in [3.63, 3.8) is 0 Å². The second kappa shape index (κ2) is 7.31. The summed E-state index contributed by atoms with van der Waals surface area (Å²) in [6, 6.07) is 13.0. The maximum atomic E-state index is 12.1. The highest BCUT2D eigenvalue weighted by Crippen LogP contribution is 2.31. The number of aromatic nitrogens is 1. The Bertz CT molecular complexity index is 910. The molecule has 0 saturated heterocycles. The van der Waals surface area contributed by atoms with Gasteiger partial charge in [0.25, 0.3) is 0 Å². The first-order valence-electron chi connectivity index (χ1n) is 8.09. The molecule has 1 aromatic heterocycles. The van der Waals surface area contributed by atoms with Gasteiger partial charge in [-0.2, -0.15) is 0 Å². The first kappa shape index (κ1) is 17.5. The Hall–Kier alpha value is -3.28. The average molecular weight is 352 g/mol. The molecule has 3 rings (SSSR count). The smallest absolute Gasteiger partial charge is 0.337 e. The highest BCUT2D eigenvalue weighted by molar-refractivity contribution is 5.93. The van der Waals surface area contributed by atoms with Crippen molar-refractivity contribution in [2.75, 3.05) is 19.5 Å². The zero-order valence-electron chi connectivity index (χ0n) is 15.1. The van der Waals surface area contributed by atoms with Crippen LogP contribution in [0.3, 0.4) is 0 Å². The van der Waals surface area contributed by atoms with Gasteiger partial charge in [0.2, 0.25) is 0 Å². The lowest BCUT2D eigenvalue weighted by Gasteiger charge is -2.12. The fourth-order valence-electron chi connectivity index (χ4n) is 2.82. The average Bonchev–Trinajstić information content (AvgIpc) is 2.99. The lowest BCUT2D eigenvalue weighted by atomic mass is 10.0. The third-order valence-electron chi connectivity index (χ3n) is 4.05. The van der Waals surface area contributed by atoms with Crippen LogP contribution >= 0.6 is 0 Å². The van der Waals surface area contributed by atoms with Gasteiger partial charge in [-0.25, -0.2) is 4.79 Å². The van der Waals surface area contributed by atoms with Gasteiger partial charge in [-0.15, -0.1) is 0 Å². The van der Waals surface area contributed by atoms with E-state index in [1.807, 2.05) is 44.2 Å². The second-order valence-electron chi connectivity index (χ2n) is 5.84. The summed E-state index contributed by atoms with van der Waals surface area (Å²) in [5.74, 6) is 1.06. The number of carbonyl (C=O) groups excluding carboxylic acids is 1. The monoisotopic (exact) mass is 352 g/mol. The molecule has 0 unspecified atom stereocenters. The first-order valence-corrected chi connectivity index (χ1v) is 8.09. The first-order chi connectivity index (χ1) is 12.5. The summed E-state index contributed by atoms with van der Waals surface area (Å²) in [5, 5.41) is 7.30. The number of benzene rings is 2. The minimum absolute atomic E-state index is 0.406. The van der Waals surface area contributed by atoms with Gasteiger partial charge in [-0.05, 0) is 61.9 Å². The van der Waals surface area contributed by atoms with Crippen molar-refractivity contribution in [1.29, 1.82) is 0 Å². The van der Waals surface area contributed by atoms with Crippen LogP contribution in [0, 0.1) is 13.8 Å². The van der Waals surface area contributed by atoms with Gasteiger partial charge in [0.15, 0.2) is 0 Å². The lowest BCUT2D eigenvalue weighted by Crippen LogP contribution is -2.03. The van der Waals surface area contributed by atoms with Gasteiger partial charge < -0.3 is 19.3 Å². The molecule has 134 valence electrons. The summed E-state index contributed by atoms with van der Waals surface area (Å²) in [7, 11) is 2.99. The molecule has 0 atom stereocenters. The minimum atomic E-state index is -0.406. The Morgan fingerprint density at radius 2 is 1.77 bits per heavy atom. The van der Waals surface area contributed by atoms with Crippen molar-refractivity contribution in [3.8, 4) is 16.9 Å². The topological polar surface area (TPSA) is 73.6 Å². The summed E-state index contributed by atoms with van der Waals surface area (Å²) in [5.41, 5.74) is 4.54. The molecule has 1 N–H and O–H groups in total. The third-order valence-corrected chi connectivity index (χ3v) is 4.05. The predicted octanol–water partition coefficient (Wildman–Crippen LogP) is 4.50. The van der Waals surface area contributed by atoms with Crippen LogP contribution in [-0.4, -0.2) is 25.3 Å². The van der Waals surface area contributed by atoms with E-state index in [-0.39, 0.29) is 0 Å². The van der Waals surface area contributed by atoms with E-state index in [0.717, 1.165) is 33.9 Å². The molecule has 0 bridgehead atoms. The van der Waals surface area contributed by atoms with E-state index in [0.29, 0.717) is 11.3 Å². The van der Waals surface area contributed by atoms with E-state index in [4.69, 9.17) is 14.0 Å². The van der Waals surface area contributed by atoms with E-state index in [9.17, 15) is 4.79 Å². The summed E-state index contributed by atoms with van der Waals surface area (Å²) < 4.78 is 15.3.